The van der Waals surface area contributed by atoms with E-state index in [1.54, 1.807) is 0 Å². The molecule has 0 spiro atoms. The van der Waals surface area contributed by atoms with Gasteiger partial charge in [0.15, 0.2) is 0 Å². The van der Waals surface area contributed by atoms with Crippen molar-refractivity contribution in [3.8, 4) is 0 Å². The summed E-state index contributed by atoms with van der Waals surface area (Å²) in [5.74, 6) is 0.846. The number of anilines is 1. The molecule has 0 saturated heterocycles. The molecule has 2 rings (SSSR count). The van der Waals surface area contributed by atoms with Crippen LogP contribution in [0.2, 0.25) is 0 Å². The number of aliphatic hydroxyl groups excluding tert-OH is 1. The zero-order valence-corrected chi connectivity index (χ0v) is 12.1. The van der Waals surface area contributed by atoms with E-state index in [9.17, 15) is 5.11 Å². The van der Waals surface area contributed by atoms with E-state index in [0.29, 0.717) is 0 Å². The Kier molecular flexibility index (Phi) is 5.71. The van der Waals surface area contributed by atoms with Crippen LogP contribution in [0.1, 0.15) is 51.0 Å². The zero-order chi connectivity index (χ0) is 13.5. The minimum absolute atomic E-state index is 0.214. The lowest BCUT2D eigenvalue weighted by atomic mass is 9.89. The maximum Gasteiger partial charge on any atom is 0.0577 e. The second-order valence-corrected chi connectivity index (χ2v) is 5.85. The van der Waals surface area contributed by atoms with Crippen LogP contribution in [-0.2, 0) is 6.42 Å². The molecule has 0 amide bonds. The van der Waals surface area contributed by atoms with Gasteiger partial charge in [-0.1, -0.05) is 38.3 Å². The quantitative estimate of drug-likeness (QED) is 0.811. The third kappa shape index (κ3) is 4.87. The average molecular weight is 261 g/mol. The molecule has 1 fully saturated rings. The fourth-order valence-corrected chi connectivity index (χ4v) is 2.88. The van der Waals surface area contributed by atoms with Gasteiger partial charge >= 0.3 is 0 Å². The fourth-order valence-electron chi connectivity index (χ4n) is 2.88. The van der Waals surface area contributed by atoms with E-state index in [2.05, 4.69) is 29.6 Å². The Hall–Kier alpha value is -1.02. The molecule has 1 aromatic carbocycles. The van der Waals surface area contributed by atoms with Gasteiger partial charge < -0.3 is 10.4 Å². The third-order valence-corrected chi connectivity index (χ3v) is 4.19. The van der Waals surface area contributed by atoms with E-state index >= 15 is 0 Å². The van der Waals surface area contributed by atoms with Crippen LogP contribution in [0.4, 0.5) is 5.69 Å². The summed E-state index contributed by atoms with van der Waals surface area (Å²) in [6.07, 6.45) is 8.33. The first-order valence-electron chi connectivity index (χ1n) is 7.79. The predicted octanol–water partition coefficient (Wildman–Crippen LogP) is 3.99. The Bertz CT molecular complexity index is 371. The van der Waals surface area contributed by atoms with Crippen molar-refractivity contribution in [2.75, 3.05) is 11.9 Å². The molecule has 1 aliphatic rings. The van der Waals surface area contributed by atoms with Crippen molar-refractivity contribution in [1.29, 1.82) is 0 Å². The molecule has 1 aromatic rings. The molecule has 1 saturated carbocycles. The summed E-state index contributed by atoms with van der Waals surface area (Å²) in [7, 11) is 0. The molecule has 2 heteroatoms. The van der Waals surface area contributed by atoms with Gasteiger partial charge in [-0.25, -0.2) is 0 Å². The first-order chi connectivity index (χ1) is 9.28. The molecule has 2 nitrogen and oxygen atoms in total. The van der Waals surface area contributed by atoms with E-state index in [1.165, 1.54) is 43.4 Å². The summed E-state index contributed by atoms with van der Waals surface area (Å²) in [5, 5.41) is 13.3. The standard InChI is InChI=1S/C17H27NO/c1-2-17(19)12-15-9-6-10-16(11-15)18-13-14-7-4-3-5-8-14/h6,9-11,14,17-19H,2-5,7-8,12-13H2,1H3. The van der Waals surface area contributed by atoms with E-state index < -0.39 is 0 Å². The predicted molar refractivity (Wildman–Crippen MR) is 81.5 cm³/mol. The monoisotopic (exact) mass is 261 g/mol. The van der Waals surface area contributed by atoms with Crippen LogP contribution in [0.3, 0.4) is 0 Å². The third-order valence-electron chi connectivity index (χ3n) is 4.19. The van der Waals surface area contributed by atoms with Crippen molar-refractivity contribution in [2.45, 2.75) is 58.0 Å². The summed E-state index contributed by atoms with van der Waals surface area (Å²) in [6, 6.07) is 8.50. The highest BCUT2D eigenvalue weighted by atomic mass is 16.3. The van der Waals surface area contributed by atoms with Gasteiger partial charge in [-0.3, -0.25) is 0 Å². The molecule has 1 atom stereocenters. The van der Waals surface area contributed by atoms with Crippen LogP contribution in [-0.4, -0.2) is 17.8 Å². The topological polar surface area (TPSA) is 32.3 Å². The summed E-state index contributed by atoms with van der Waals surface area (Å²) in [4.78, 5) is 0. The Morgan fingerprint density at radius 2 is 2.05 bits per heavy atom. The largest absolute Gasteiger partial charge is 0.393 e. The average Bonchev–Trinajstić information content (AvgIpc) is 2.46. The van der Waals surface area contributed by atoms with E-state index in [-0.39, 0.29) is 6.10 Å². The van der Waals surface area contributed by atoms with Crippen molar-refractivity contribution >= 4 is 5.69 Å². The maximum absolute atomic E-state index is 9.72. The van der Waals surface area contributed by atoms with Gasteiger partial charge in [0.2, 0.25) is 0 Å². The van der Waals surface area contributed by atoms with Crippen LogP contribution < -0.4 is 5.32 Å². The van der Waals surface area contributed by atoms with E-state index in [0.717, 1.165) is 25.3 Å². The lowest BCUT2D eigenvalue weighted by Gasteiger charge is -2.22. The number of aliphatic hydroxyl groups is 1. The molecule has 0 aromatic heterocycles. The lowest BCUT2D eigenvalue weighted by molar-refractivity contribution is 0.171. The van der Waals surface area contributed by atoms with Crippen LogP contribution in [0.5, 0.6) is 0 Å². The number of rotatable bonds is 6. The number of hydrogen-bond acceptors (Lipinski definition) is 2. The highest BCUT2D eigenvalue weighted by molar-refractivity contribution is 5.45. The minimum atomic E-state index is -0.214. The van der Waals surface area contributed by atoms with Crippen molar-refractivity contribution in [2.24, 2.45) is 5.92 Å². The van der Waals surface area contributed by atoms with Gasteiger partial charge in [0.25, 0.3) is 0 Å². The molecule has 0 bridgehead atoms. The lowest BCUT2D eigenvalue weighted by Crippen LogP contribution is -2.17. The van der Waals surface area contributed by atoms with Crippen LogP contribution in [0.25, 0.3) is 0 Å². The van der Waals surface area contributed by atoms with Crippen LogP contribution in [0, 0.1) is 5.92 Å². The normalized spacial score (nSPS) is 18.2. The Morgan fingerprint density at radius 1 is 1.26 bits per heavy atom. The smallest absolute Gasteiger partial charge is 0.0577 e. The second-order valence-electron chi connectivity index (χ2n) is 5.85. The summed E-state index contributed by atoms with van der Waals surface area (Å²) >= 11 is 0. The van der Waals surface area contributed by atoms with E-state index in [4.69, 9.17) is 0 Å². The molecule has 0 aliphatic heterocycles. The Morgan fingerprint density at radius 3 is 2.79 bits per heavy atom. The van der Waals surface area contributed by atoms with Crippen molar-refractivity contribution in [1.82, 2.24) is 0 Å². The SMILES string of the molecule is CCC(O)Cc1cccc(NCC2CCCCC2)c1. The molecular weight excluding hydrogens is 234 g/mol. The number of nitrogens with one attached hydrogen (secondary N) is 1. The van der Waals surface area contributed by atoms with Crippen molar-refractivity contribution in [3.05, 3.63) is 29.8 Å². The van der Waals surface area contributed by atoms with Gasteiger partial charge in [0.05, 0.1) is 6.10 Å². The van der Waals surface area contributed by atoms with Gasteiger partial charge in [-0.15, -0.1) is 0 Å². The minimum Gasteiger partial charge on any atom is -0.393 e. The summed E-state index contributed by atoms with van der Waals surface area (Å²) < 4.78 is 0. The van der Waals surface area contributed by atoms with Crippen LogP contribution >= 0.6 is 0 Å². The molecule has 1 aliphatic carbocycles. The molecule has 0 radical (unpaired) electrons. The molecule has 1 unspecified atom stereocenters. The fraction of sp³-hybridized carbons (Fsp3) is 0.647. The molecular formula is C17H27NO. The number of benzene rings is 1. The van der Waals surface area contributed by atoms with Crippen molar-refractivity contribution in [3.63, 3.8) is 0 Å². The molecule has 2 N–H and O–H groups in total. The van der Waals surface area contributed by atoms with Crippen LogP contribution in [0.15, 0.2) is 24.3 Å². The molecule has 106 valence electrons. The highest BCUT2D eigenvalue weighted by Gasteiger charge is 2.12. The second kappa shape index (κ2) is 7.54. The first kappa shape index (κ1) is 14.4. The Labute approximate surface area is 117 Å². The summed E-state index contributed by atoms with van der Waals surface area (Å²) in [6.45, 7) is 3.12. The van der Waals surface area contributed by atoms with Gasteiger partial charge in [0.1, 0.15) is 0 Å². The molecule has 19 heavy (non-hydrogen) atoms. The van der Waals surface area contributed by atoms with Gasteiger partial charge in [-0.2, -0.15) is 0 Å². The van der Waals surface area contributed by atoms with Crippen molar-refractivity contribution < 1.29 is 5.11 Å². The maximum atomic E-state index is 9.72. The number of hydrogen-bond donors (Lipinski definition) is 2. The zero-order valence-electron chi connectivity index (χ0n) is 12.1. The van der Waals surface area contributed by atoms with Gasteiger partial charge in [0, 0.05) is 12.2 Å². The van der Waals surface area contributed by atoms with Gasteiger partial charge in [-0.05, 0) is 49.3 Å². The van der Waals surface area contributed by atoms with E-state index in [1.807, 2.05) is 6.92 Å². The Balaban J connectivity index is 1.84. The summed E-state index contributed by atoms with van der Waals surface area (Å²) in [5.41, 5.74) is 2.43. The highest BCUT2D eigenvalue weighted by Crippen LogP contribution is 2.24. The first-order valence-corrected chi connectivity index (χ1v) is 7.79. The molecule has 0 heterocycles.